The molecule has 4 heterocycles. The molecule has 1 aromatic carbocycles. The number of carboxylic acids is 2. The van der Waals surface area contributed by atoms with E-state index in [0.717, 1.165) is 18.9 Å². The van der Waals surface area contributed by atoms with Crippen LogP contribution >= 0.6 is 47.5 Å². The zero-order valence-corrected chi connectivity index (χ0v) is 32.7. The van der Waals surface area contributed by atoms with E-state index in [9.17, 15) is 34.5 Å². The second kappa shape index (κ2) is 15.4. The Morgan fingerprint density at radius 3 is 2.37 bits per heavy atom. The molecule has 18 heteroatoms. The van der Waals surface area contributed by atoms with Crippen molar-refractivity contribution < 1.29 is 93.2 Å². The molecule has 11 nitrogen and oxygen atoms in total. The van der Waals surface area contributed by atoms with Crippen molar-refractivity contribution in [2.75, 3.05) is 42.6 Å². The van der Waals surface area contributed by atoms with Crippen LogP contribution in [0.2, 0.25) is 0 Å². The quantitative estimate of drug-likeness (QED) is 0.114. The summed E-state index contributed by atoms with van der Waals surface area (Å²) in [6, 6.07) is 2.81. The summed E-state index contributed by atoms with van der Waals surface area (Å²) in [5.41, 5.74) is -0.525. The largest absolute Gasteiger partial charge is 1.00 e. The maximum atomic E-state index is 15.3. The molecule has 3 atom stereocenters. The molecular weight excluding hydrogens is 698 g/mol. The fraction of sp³-hybridized carbons (Fsp3) is 0.464. The minimum atomic E-state index is -1.58. The number of pyridine rings is 1. The van der Waals surface area contributed by atoms with Crippen molar-refractivity contribution in [3.63, 3.8) is 0 Å². The van der Waals surface area contributed by atoms with Gasteiger partial charge in [0, 0.05) is 55.3 Å². The van der Waals surface area contributed by atoms with Crippen molar-refractivity contribution in [2.24, 2.45) is 5.92 Å². The first kappa shape index (κ1) is 38.0. The number of aromatic carboxylic acids is 1. The molecule has 6 rings (SSSR count). The monoisotopic (exact) mass is 724 g/mol. The Kier molecular flexibility index (Phi) is 12.7. The molecule has 46 heavy (non-hydrogen) atoms. The number of nitrogens with zero attached hydrogens (tertiary/aromatic N) is 4. The Hall–Kier alpha value is -0.790. The van der Waals surface area contributed by atoms with Gasteiger partial charge in [0.15, 0.2) is 5.43 Å². The number of benzene rings is 1. The van der Waals surface area contributed by atoms with E-state index in [2.05, 4.69) is 0 Å². The number of aromatic nitrogens is 1. The molecule has 3 aliphatic heterocycles. The number of β-lactam (4-membered cyclic amide) rings is 1. The van der Waals surface area contributed by atoms with Crippen LogP contribution in [0.5, 0.6) is 0 Å². The maximum Gasteiger partial charge on any atom is 1.00 e. The third-order valence-corrected chi connectivity index (χ3v) is 12.6. The van der Waals surface area contributed by atoms with E-state index in [4.69, 9.17) is 12.2 Å². The van der Waals surface area contributed by atoms with Crippen molar-refractivity contribution in [3.05, 3.63) is 49.9 Å². The van der Waals surface area contributed by atoms with Crippen LogP contribution in [0, 0.1) is 11.7 Å². The third kappa shape index (κ3) is 7.23. The van der Waals surface area contributed by atoms with E-state index in [-0.39, 0.29) is 76.2 Å². The molecule has 1 aromatic heterocycles. The van der Waals surface area contributed by atoms with Crippen LogP contribution < -0.4 is 79.7 Å². The number of carbonyl (C=O) groups is 3. The summed E-state index contributed by atoms with van der Waals surface area (Å²) < 4.78 is 18.2. The van der Waals surface area contributed by atoms with E-state index >= 15 is 4.39 Å². The molecule has 2 aromatic rings. The topological polar surface area (TPSA) is 149 Å². The number of aliphatic hydroxyl groups excluding tert-OH is 1. The molecule has 0 spiro atoms. The number of thioether (sulfide) groups is 3. The number of aliphatic hydroxyl groups is 1. The first-order valence-corrected chi connectivity index (χ1v) is 17.3. The fourth-order valence-electron chi connectivity index (χ4n) is 5.73. The number of piperazine rings is 1. The van der Waals surface area contributed by atoms with Gasteiger partial charge < -0.3 is 39.3 Å². The summed E-state index contributed by atoms with van der Waals surface area (Å²) in [7, 11) is 0. The minimum absolute atomic E-state index is 0. The molecule has 0 bridgehead atoms. The van der Waals surface area contributed by atoms with Crippen LogP contribution in [-0.4, -0.2) is 90.8 Å². The summed E-state index contributed by atoms with van der Waals surface area (Å²) in [4.78, 5) is 53.4. The van der Waals surface area contributed by atoms with Gasteiger partial charge in [-0.1, -0.05) is 35.7 Å². The van der Waals surface area contributed by atoms with Gasteiger partial charge in [0.2, 0.25) is 5.91 Å². The van der Waals surface area contributed by atoms with Gasteiger partial charge in [-0.25, -0.2) is 4.39 Å². The number of halogens is 1. The zero-order chi connectivity index (χ0) is 31.4. The predicted octanol–water partition coefficient (Wildman–Crippen LogP) is -5.45. The van der Waals surface area contributed by atoms with Gasteiger partial charge in [-0.15, -0.1) is 11.8 Å². The van der Waals surface area contributed by atoms with E-state index in [1.165, 1.54) is 53.3 Å². The average Bonchev–Trinajstić information content (AvgIpc) is 3.77. The fourth-order valence-corrected chi connectivity index (χ4v) is 10.0. The molecule has 234 valence electrons. The summed E-state index contributed by atoms with van der Waals surface area (Å²) in [5, 5.41) is 32.7. The Balaban J connectivity index is 0.00000240. The van der Waals surface area contributed by atoms with Crippen molar-refractivity contribution in [1.29, 1.82) is 0 Å². The molecule has 1 N–H and O–H groups in total. The SMILES string of the molecule is C[C@@H](O)[C@@H]1C(=O)N2C(C(=O)[O-])=C(SCCSC(=S)N3CCN(c4cc5c(cc4F)c(=O)c(C(=O)[O-])cn5C4CC4)CC3)S[C@H]12.[Na+].[Na+]. The van der Waals surface area contributed by atoms with E-state index in [1.807, 2.05) is 9.80 Å². The van der Waals surface area contributed by atoms with E-state index in [0.29, 0.717) is 57.4 Å². The predicted molar refractivity (Wildman–Crippen MR) is 167 cm³/mol. The van der Waals surface area contributed by atoms with Gasteiger partial charge in [-0.05, 0) is 31.9 Å². The van der Waals surface area contributed by atoms with Gasteiger partial charge in [-0.3, -0.25) is 14.5 Å². The number of fused-ring (bicyclic) bond motifs is 2. The summed E-state index contributed by atoms with van der Waals surface area (Å²) in [6.07, 6.45) is 2.13. The standard InChI is InChI=1S/C28H29FN4O7S4.2Na/c1-13(34)20-23(36)33-21(26(39)40)27(44-24(20)33)42-8-9-43-28(41)31-6-4-30(5-7-31)19-11-18-15(10-17(19)29)22(35)16(25(37)38)12-32(18)14-2-3-14;;/h10-14,20,24,34H,2-9H2,1H3,(H,37,38)(H,39,40);;/q;2*+1/p-2/t13-,20-,24-;;/m1../s1. The summed E-state index contributed by atoms with van der Waals surface area (Å²) >= 11 is 9.67. The number of carboxylic acid groups (broad SMARTS) is 2. The second-order valence-electron chi connectivity index (χ2n) is 11.0. The number of hydrogen-bond donors (Lipinski definition) is 1. The third-order valence-electron chi connectivity index (χ3n) is 8.14. The van der Waals surface area contributed by atoms with Gasteiger partial charge >= 0.3 is 59.1 Å². The van der Waals surface area contributed by atoms with Crippen LogP contribution in [0.4, 0.5) is 10.1 Å². The van der Waals surface area contributed by atoms with E-state index < -0.39 is 52.1 Å². The van der Waals surface area contributed by atoms with E-state index in [1.54, 1.807) is 10.6 Å². The number of amides is 1. The summed E-state index contributed by atoms with van der Waals surface area (Å²) in [6.45, 7) is 3.58. The number of thiocarbonyl (C=S) groups is 1. The Labute approximate surface area is 326 Å². The number of hydrogen-bond acceptors (Lipinski definition) is 12. The molecule has 4 aliphatic rings. The average molecular weight is 725 g/mol. The van der Waals surface area contributed by atoms with Crippen LogP contribution in [-0.2, 0) is 9.59 Å². The first-order valence-electron chi connectivity index (χ1n) is 14.0. The molecule has 0 radical (unpaired) electrons. The maximum absolute atomic E-state index is 15.3. The van der Waals surface area contributed by atoms with Gasteiger partial charge in [0.05, 0.1) is 50.7 Å². The van der Waals surface area contributed by atoms with Gasteiger partial charge in [-0.2, -0.15) is 0 Å². The zero-order valence-electron chi connectivity index (χ0n) is 25.4. The van der Waals surface area contributed by atoms with Crippen molar-refractivity contribution in [3.8, 4) is 0 Å². The molecular formula is C28H27FN4Na2O7S4. The Bertz CT molecular complexity index is 1680. The normalized spacial score (nSPS) is 21.4. The second-order valence-corrected chi connectivity index (χ2v) is 15.2. The molecule has 1 amide bonds. The van der Waals surface area contributed by atoms with Crippen LogP contribution in [0.25, 0.3) is 10.9 Å². The van der Waals surface area contributed by atoms with Crippen molar-refractivity contribution in [2.45, 2.75) is 37.3 Å². The first-order chi connectivity index (χ1) is 21.0. The minimum Gasteiger partial charge on any atom is -0.545 e. The van der Waals surface area contributed by atoms with Crippen LogP contribution in [0.15, 0.2) is 33.1 Å². The Morgan fingerprint density at radius 1 is 1.11 bits per heavy atom. The van der Waals surface area contributed by atoms with Crippen molar-refractivity contribution >= 4 is 86.3 Å². The van der Waals surface area contributed by atoms with Crippen molar-refractivity contribution in [1.82, 2.24) is 14.4 Å². The van der Waals surface area contributed by atoms with Gasteiger partial charge in [0.1, 0.15) is 15.5 Å². The number of anilines is 1. The summed E-state index contributed by atoms with van der Waals surface area (Å²) in [5.74, 6) is -3.50. The van der Waals surface area contributed by atoms with Crippen LogP contribution in [0.1, 0.15) is 36.2 Å². The number of carbonyl (C=O) groups excluding carboxylic acids is 3. The number of rotatable bonds is 9. The van der Waals surface area contributed by atoms with Gasteiger partial charge in [0.25, 0.3) is 0 Å². The molecule has 1 saturated carbocycles. The Morgan fingerprint density at radius 2 is 1.78 bits per heavy atom. The van der Waals surface area contributed by atoms with Crippen LogP contribution in [0.3, 0.4) is 0 Å². The molecule has 3 fully saturated rings. The smallest absolute Gasteiger partial charge is 0.545 e. The molecule has 2 saturated heterocycles. The molecule has 0 unspecified atom stereocenters. The number of aliphatic carboxylic acids is 1. The molecule has 1 aliphatic carbocycles.